The summed E-state index contributed by atoms with van der Waals surface area (Å²) in [6, 6.07) is 58.5. The van der Waals surface area contributed by atoms with Gasteiger partial charge < -0.3 is 9.88 Å². The predicted molar refractivity (Wildman–Crippen MR) is 179 cm³/mol. The molecular formula is C40H28N2. The van der Waals surface area contributed by atoms with Crippen LogP contribution in [0.2, 0.25) is 0 Å². The molecule has 0 aliphatic heterocycles. The van der Waals surface area contributed by atoms with Gasteiger partial charge in [-0.05, 0) is 70.1 Å². The standard InChI is InChI=1S/C40H28N2/c1-2-10-35-32(8-1)9-7-13-38(35)41-33-24-20-30(21-25-33)28-16-18-29(19-17-28)31-22-26-34(27-23-31)42-39-14-5-3-11-36(39)37-12-4-6-15-40(37)42/h1-27,41H. The van der Waals surface area contributed by atoms with E-state index in [2.05, 4.69) is 174 Å². The van der Waals surface area contributed by atoms with Crippen molar-refractivity contribution in [1.82, 2.24) is 4.57 Å². The lowest BCUT2D eigenvalue weighted by molar-refractivity contribution is 1.18. The summed E-state index contributed by atoms with van der Waals surface area (Å²) in [5.41, 5.74) is 10.7. The molecule has 42 heavy (non-hydrogen) atoms. The first-order chi connectivity index (χ1) is 20.8. The maximum absolute atomic E-state index is 3.59. The topological polar surface area (TPSA) is 17.0 Å². The number of hydrogen-bond acceptors (Lipinski definition) is 1. The van der Waals surface area contributed by atoms with Crippen molar-refractivity contribution in [3.63, 3.8) is 0 Å². The number of rotatable bonds is 5. The van der Waals surface area contributed by atoms with Gasteiger partial charge in [0.15, 0.2) is 0 Å². The average Bonchev–Trinajstić information content (AvgIpc) is 3.40. The highest BCUT2D eigenvalue weighted by Gasteiger charge is 2.11. The van der Waals surface area contributed by atoms with E-state index in [1.807, 2.05) is 0 Å². The fourth-order valence-electron chi connectivity index (χ4n) is 6.09. The molecular weight excluding hydrogens is 508 g/mol. The molecule has 198 valence electrons. The Balaban J connectivity index is 1.03. The van der Waals surface area contributed by atoms with E-state index in [0.717, 1.165) is 11.4 Å². The van der Waals surface area contributed by atoms with Crippen LogP contribution in [0.15, 0.2) is 164 Å². The van der Waals surface area contributed by atoms with E-state index < -0.39 is 0 Å². The largest absolute Gasteiger partial charge is 0.355 e. The van der Waals surface area contributed by atoms with Crippen LogP contribution >= 0.6 is 0 Å². The third-order valence-corrected chi connectivity index (χ3v) is 8.21. The smallest absolute Gasteiger partial charge is 0.0541 e. The van der Waals surface area contributed by atoms with E-state index in [4.69, 9.17) is 0 Å². The molecule has 2 nitrogen and oxygen atoms in total. The lowest BCUT2D eigenvalue weighted by Crippen LogP contribution is -1.93. The lowest BCUT2D eigenvalue weighted by atomic mass is 10.00. The first kappa shape index (κ1) is 24.2. The summed E-state index contributed by atoms with van der Waals surface area (Å²) < 4.78 is 2.36. The number of fused-ring (bicyclic) bond motifs is 4. The Bertz CT molecular complexity index is 2130. The zero-order valence-electron chi connectivity index (χ0n) is 23.0. The van der Waals surface area contributed by atoms with Gasteiger partial charge in [0.05, 0.1) is 11.0 Å². The highest BCUT2D eigenvalue weighted by atomic mass is 15.0. The molecule has 2 heteroatoms. The second kappa shape index (κ2) is 10.1. The number of aromatic nitrogens is 1. The quantitative estimate of drug-likeness (QED) is 0.231. The number of hydrogen-bond donors (Lipinski definition) is 1. The summed E-state index contributed by atoms with van der Waals surface area (Å²) in [6.07, 6.45) is 0. The molecule has 1 heterocycles. The molecule has 1 N–H and O–H groups in total. The summed E-state index contributed by atoms with van der Waals surface area (Å²) in [4.78, 5) is 0. The van der Waals surface area contributed by atoms with Crippen LogP contribution in [0.25, 0.3) is 60.5 Å². The SMILES string of the molecule is c1ccc2c(Nc3ccc(-c4ccc(-c5ccc(-n6c7ccccc7c7ccccc76)cc5)cc4)cc3)cccc2c1. The fraction of sp³-hybridized carbons (Fsp3) is 0. The molecule has 0 unspecified atom stereocenters. The van der Waals surface area contributed by atoms with Crippen molar-refractivity contribution >= 4 is 44.0 Å². The summed E-state index contributed by atoms with van der Waals surface area (Å²) in [6.45, 7) is 0. The van der Waals surface area contributed by atoms with Crippen LogP contribution in [0, 0.1) is 0 Å². The Labute approximate surface area is 245 Å². The number of nitrogens with zero attached hydrogens (tertiary/aromatic N) is 1. The minimum Gasteiger partial charge on any atom is -0.355 e. The predicted octanol–water partition coefficient (Wildman–Crippen LogP) is 11.0. The Morgan fingerprint density at radius 2 is 0.810 bits per heavy atom. The third kappa shape index (κ3) is 4.22. The zero-order valence-corrected chi connectivity index (χ0v) is 23.0. The van der Waals surface area contributed by atoms with Gasteiger partial charge in [0.25, 0.3) is 0 Å². The monoisotopic (exact) mass is 536 g/mol. The van der Waals surface area contributed by atoms with Gasteiger partial charge in [-0.1, -0.05) is 121 Å². The minimum atomic E-state index is 1.08. The van der Waals surface area contributed by atoms with Gasteiger partial charge in [-0.2, -0.15) is 0 Å². The summed E-state index contributed by atoms with van der Waals surface area (Å²) in [5.74, 6) is 0. The van der Waals surface area contributed by atoms with Gasteiger partial charge in [-0.3, -0.25) is 0 Å². The van der Waals surface area contributed by atoms with Crippen LogP contribution in [-0.2, 0) is 0 Å². The van der Waals surface area contributed by atoms with Crippen molar-refractivity contribution in [2.75, 3.05) is 5.32 Å². The molecule has 0 spiro atoms. The first-order valence-corrected chi connectivity index (χ1v) is 14.4. The van der Waals surface area contributed by atoms with Gasteiger partial charge in [-0.15, -0.1) is 0 Å². The number of benzene rings is 7. The van der Waals surface area contributed by atoms with Crippen LogP contribution in [0.3, 0.4) is 0 Å². The Morgan fingerprint density at radius 3 is 1.40 bits per heavy atom. The number of nitrogens with one attached hydrogen (secondary N) is 1. The Hall–Kier alpha value is -5.60. The molecule has 8 rings (SSSR count). The normalized spacial score (nSPS) is 11.3. The molecule has 1 aromatic heterocycles. The van der Waals surface area contributed by atoms with Crippen molar-refractivity contribution in [3.8, 4) is 27.9 Å². The van der Waals surface area contributed by atoms with Gasteiger partial charge in [-0.25, -0.2) is 0 Å². The Kier molecular flexibility index (Phi) is 5.82. The van der Waals surface area contributed by atoms with Crippen molar-refractivity contribution in [2.24, 2.45) is 0 Å². The van der Waals surface area contributed by atoms with Gasteiger partial charge >= 0.3 is 0 Å². The molecule has 0 radical (unpaired) electrons. The molecule has 7 aromatic carbocycles. The van der Waals surface area contributed by atoms with E-state index in [1.54, 1.807) is 0 Å². The number of anilines is 2. The second-order valence-electron chi connectivity index (χ2n) is 10.7. The minimum absolute atomic E-state index is 1.08. The maximum Gasteiger partial charge on any atom is 0.0541 e. The van der Waals surface area contributed by atoms with Gasteiger partial charge in [0, 0.05) is 33.2 Å². The maximum atomic E-state index is 3.59. The van der Waals surface area contributed by atoms with E-state index in [9.17, 15) is 0 Å². The summed E-state index contributed by atoms with van der Waals surface area (Å²) in [7, 11) is 0. The summed E-state index contributed by atoms with van der Waals surface area (Å²) >= 11 is 0. The average molecular weight is 537 g/mol. The molecule has 0 aliphatic carbocycles. The van der Waals surface area contributed by atoms with Crippen molar-refractivity contribution in [1.29, 1.82) is 0 Å². The fourth-order valence-corrected chi connectivity index (χ4v) is 6.09. The number of para-hydroxylation sites is 2. The first-order valence-electron chi connectivity index (χ1n) is 14.4. The summed E-state index contributed by atoms with van der Waals surface area (Å²) in [5, 5.41) is 8.62. The van der Waals surface area contributed by atoms with Crippen molar-refractivity contribution in [2.45, 2.75) is 0 Å². The van der Waals surface area contributed by atoms with Crippen LogP contribution in [0.1, 0.15) is 0 Å². The van der Waals surface area contributed by atoms with E-state index in [0.29, 0.717) is 0 Å². The zero-order chi connectivity index (χ0) is 27.9. The molecule has 0 saturated heterocycles. The second-order valence-corrected chi connectivity index (χ2v) is 10.7. The molecule has 8 aromatic rings. The van der Waals surface area contributed by atoms with E-state index in [-0.39, 0.29) is 0 Å². The van der Waals surface area contributed by atoms with E-state index >= 15 is 0 Å². The van der Waals surface area contributed by atoms with E-state index in [1.165, 1.54) is 60.5 Å². The van der Waals surface area contributed by atoms with Crippen molar-refractivity contribution in [3.05, 3.63) is 164 Å². The third-order valence-electron chi connectivity index (χ3n) is 8.21. The Morgan fingerprint density at radius 1 is 0.357 bits per heavy atom. The molecule has 0 saturated carbocycles. The van der Waals surface area contributed by atoms with Crippen LogP contribution < -0.4 is 5.32 Å². The highest BCUT2D eigenvalue weighted by Crippen LogP contribution is 2.33. The molecule has 0 fully saturated rings. The lowest BCUT2D eigenvalue weighted by Gasteiger charge is -2.11. The van der Waals surface area contributed by atoms with Crippen molar-refractivity contribution < 1.29 is 0 Å². The molecule has 0 amide bonds. The molecule has 0 aliphatic rings. The van der Waals surface area contributed by atoms with Crippen LogP contribution in [-0.4, -0.2) is 4.57 Å². The van der Waals surface area contributed by atoms with Gasteiger partial charge in [0.1, 0.15) is 0 Å². The van der Waals surface area contributed by atoms with Gasteiger partial charge in [0.2, 0.25) is 0 Å². The highest BCUT2D eigenvalue weighted by molar-refractivity contribution is 6.09. The molecule has 0 bridgehead atoms. The van der Waals surface area contributed by atoms with Crippen LogP contribution in [0.5, 0.6) is 0 Å². The molecule has 0 atom stereocenters. The van der Waals surface area contributed by atoms with Crippen LogP contribution in [0.4, 0.5) is 11.4 Å².